The summed E-state index contributed by atoms with van der Waals surface area (Å²) in [6.07, 6.45) is 0. The lowest BCUT2D eigenvalue weighted by molar-refractivity contribution is -0.255. The molecule has 0 amide bonds. The molecule has 0 atom stereocenters. The number of hydrogen-bond acceptors (Lipinski definition) is 2. The number of carbonyl (C=O) groups excluding carboxylic acids is 1. The maximum Gasteiger partial charge on any atom is 0.0715 e. The van der Waals surface area contributed by atoms with Gasteiger partial charge >= 0.3 is 0 Å². The molecule has 1 aromatic carbocycles. The number of rotatable bonds is 1. The van der Waals surface area contributed by atoms with Crippen LogP contribution in [-0.4, -0.2) is 5.97 Å². The molecule has 0 bridgehead atoms. The smallest absolute Gasteiger partial charge is 0.0715 e. The maximum atomic E-state index is 10.3. The van der Waals surface area contributed by atoms with Crippen molar-refractivity contribution in [2.24, 2.45) is 0 Å². The molecule has 0 saturated heterocycles. The summed E-state index contributed by atoms with van der Waals surface area (Å²) in [4.78, 5) is 10.3. The van der Waals surface area contributed by atoms with Gasteiger partial charge in [0.2, 0.25) is 0 Å². The van der Waals surface area contributed by atoms with Gasteiger partial charge in [-0.05, 0) is 30.2 Å². The molecule has 1 aromatic rings. The van der Waals surface area contributed by atoms with Gasteiger partial charge in [0.15, 0.2) is 0 Å². The van der Waals surface area contributed by atoms with Crippen LogP contribution in [0.15, 0.2) is 22.7 Å². The predicted molar refractivity (Wildman–Crippen MR) is 43.2 cm³/mol. The number of aryl methyl sites for hydroxylation is 1. The van der Waals surface area contributed by atoms with Crippen LogP contribution >= 0.6 is 15.9 Å². The second kappa shape index (κ2) is 3.05. The van der Waals surface area contributed by atoms with E-state index in [0.717, 1.165) is 10.0 Å². The van der Waals surface area contributed by atoms with Crippen LogP contribution in [0.25, 0.3) is 0 Å². The molecule has 2 nitrogen and oxygen atoms in total. The Labute approximate surface area is 73.0 Å². The average molecular weight is 214 g/mol. The van der Waals surface area contributed by atoms with Crippen molar-refractivity contribution in [2.45, 2.75) is 6.92 Å². The zero-order valence-electron chi connectivity index (χ0n) is 5.93. The summed E-state index contributed by atoms with van der Waals surface area (Å²) in [6.45, 7) is 1.83. The van der Waals surface area contributed by atoms with Crippen LogP contribution in [0.1, 0.15) is 15.9 Å². The summed E-state index contributed by atoms with van der Waals surface area (Å²) in [7, 11) is 0. The van der Waals surface area contributed by atoms with Gasteiger partial charge in [0.05, 0.1) is 5.97 Å². The molecular weight excluding hydrogens is 208 g/mol. The first-order valence-corrected chi connectivity index (χ1v) is 3.88. The highest BCUT2D eigenvalue weighted by Crippen LogP contribution is 2.16. The van der Waals surface area contributed by atoms with Gasteiger partial charge < -0.3 is 9.90 Å². The fourth-order valence-electron chi connectivity index (χ4n) is 0.772. The largest absolute Gasteiger partial charge is 0.545 e. The van der Waals surface area contributed by atoms with Gasteiger partial charge in [0.1, 0.15) is 0 Å². The fourth-order valence-corrected chi connectivity index (χ4v) is 1.02. The summed E-state index contributed by atoms with van der Waals surface area (Å²) in [5.41, 5.74) is 1.11. The van der Waals surface area contributed by atoms with Crippen molar-refractivity contribution in [2.75, 3.05) is 0 Å². The molecule has 0 unspecified atom stereocenters. The molecule has 11 heavy (non-hydrogen) atoms. The molecule has 0 aromatic heterocycles. The SMILES string of the molecule is Cc1cc(C(=O)[O-])ccc1Br. The van der Waals surface area contributed by atoms with Crippen molar-refractivity contribution in [3.8, 4) is 0 Å². The number of aromatic carboxylic acids is 1. The zero-order valence-corrected chi connectivity index (χ0v) is 7.51. The lowest BCUT2D eigenvalue weighted by Crippen LogP contribution is -2.22. The van der Waals surface area contributed by atoms with Crippen molar-refractivity contribution in [1.82, 2.24) is 0 Å². The van der Waals surface area contributed by atoms with Crippen molar-refractivity contribution in [1.29, 1.82) is 0 Å². The summed E-state index contributed by atoms with van der Waals surface area (Å²) in [5, 5.41) is 10.3. The van der Waals surface area contributed by atoms with Crippen LogP contribution in [0.4, 0.5) is 0 Å². The lowest BCUT2D eigenvalue weighted by Gasteiger charge is -2.03. The third-order valence-electron chi connectivity index (χ3n) is 1.39. The minimum absolute atomic E-state index is 0.214. The molecule has 0 aliphatic carbocycles. The van der Waals surface area contributed by atoms with Gasteiger partial charge in [-0.1, -0.05) is 22.0 Å². The minimum atomic E-state index is -1.14. The molecule has 0 aliphatic heterocycles. The number of halogens is 1. The fraction of sp³-hybridized carbons (Fsp3) is 0.125. The third kappa shape index (κ3) is 1.80. The van der Waals surface area contributed by atoms with E-state index < -0.39 is 5.97 Å². The molecule has 1 rings (SSSR count). The molecular formula is C8H6BrO2-. The summed E-state index contributed by atoms with van der Waals surface area (Å²) in [5.74, 6) is -1.14. The van der Waals surface area contributed by atoms with Gasteiger partial charge in [0, 0.05) is 4.47 Å². The Morgan fingerprint density at radius 2 is 2.18 bits per heavy atom. The third-order valence-corrected chi connectivity index (χ3v) is 2.28. The van der Waals surface area contributed by atoms with Crippen molar-refractivity contribution in [3.05, 3.63) is 33.8 Å². The number of carboxylic acids is 1. The summed E-state index contributed by atoms with van der Waals surface area (Å²) < 4.78 is 0.905. The van der Waals surface area contributed by atoms with Crippen LogP contribution in [0.3, 0.4) is 0 Å². The van der Waals surface area contributed by atoms with E-state index in [1.807, 2.05) is 6.92 Å². The van der Waals surface area contributed by atoms with Crippen LogP contribution in [0, 0.1) is 6.92 Å². The Bertz CT molecular complexity index is 294. The van der Waals surface area contributed by atoms with Crippen molar-refractivity contribution in [3.63, 3.8) is 0 Å². The maximum absolute atomic E-state index is 10.3. The normalized spacial score (nSPS) is 9.64. The first-order chi connectivity index (χ1) is 5.11. The molecule has 0 aliphatic rings. The number of hydrogen-bond donors (Lipinski definition) is 0. The second-order valence-electron chi connectivity index (χ2n) is 2.25. The predicted octanol–water partition coefficient (Wildman–Crippen LogP) is 1.12. The van der Waals surface area contributed by atoms with Crippen LogP contribution in [-0.2, 0) is 0 Å². The molecule has 0 heterocycles. The van der Waals surface area contributed by atoms with Gasteiger partial charge in [-0.3, -0.25) is 0 Å². The van der Waals surface area contributed by atoms with Crippen molar-refractivity contribution >= 4 is 21.9 Å². The highest BCUT2D eigenvalue weighted by molar-refractivity contribution is 9.10. The van der Waals surface area contributed by atoms with Crippen molar-refractivity contribution < 1.29 is 9.90 Å². The van der Waals surface area contributed by atoms with E-state index in [1.165, 1.54) is 6.07 Å². The lowest BCUT2D eigenvalue weighted by atomic mass is 10.1. The molecule has 0 radical (unpaired) electrons. The monoisotopic (exact) mass is 213 g/mol. The number of benzene rings is 1. The Morgan fingerprint density at radius 1 is 1.55 bits per heavy atom. The Morgan fingerprint density at radius 3 is 2.64 bits per heavy atom. The van der Waals surface area contributed by atoms with Gasteiger partial charge in [-0.25, -0.2) is 0 Å². The molecule has 3 heteroatoms. The van der Waals surface area contributed by atoms with Crippen LogP contribution < -0.4 is 5.11 Å². The Balaban J connectivity index is 3.15. The number of carboxylic acid groups (broad SMARTS) is 1. The Kier molecular flexibility index (Phi) is 2.29. The quantitative estimate of drug-likeness (QED) is 0.702. The molecule has 58 valence electrons. The van der Waals surface area contributed by atoms with E-state index in [1.54, 1.807) is 12.1 Å². The van der Waals surface area contributed by atoms with Gasteiger partial charge in [-0.15, -0.1) is 0 Å². The topological polar surface area (TPSA) is 40.1 Å². The highest BCUT2D eigenvalue weighted by Gasteiger charge is 1.96. The number of carbonyl (C=O) groups is 1. The molecule has 0 saturated carbocycles. The zero-order chi connectivity index (χ0) is 8.43. The van der Waals surface area contributed by atoms with E-state index in [2.05, 4.69) is 15.9 Å². The molecule has 0 N–H and O–H groups in total. The molecule has 0 fully saturated rings. The first kappa shape index (κ1) is 8.27. The summed E-state index contributed by atoms with van der Waals surface area (Å²) >= 11 is 3.27. The highest BCUT2D eigenvalue weighted by atomic mass is 79.9. The minimum Gasteiger partial charge on any atom is -0.545 e. The van der Waals surface area contributed by atoms with Gasteiger partial charge in [0.25, 0.3) is 0 Å². The van der Waals surface area contributed by atoms with E-state index in [9.17, 15) is 9.90 Å². The Hall–Kier alpha value is -0.830. The second-order valence-corrected chi connectivity index (χ2v) is 3.11. The van der Waals surface area contributed by atoms with Crippen LogP contribution in [0.2, 0.25) is 0 Å². The van der Waals surface area contributed by atoms with E-state index in [0.29, 0.717) is 0 Å². The van der Waals surface area contributed by atoms with Crippen LogP contribution in [0.5, 0.6) is 0 Å². The van der Waals surface area contributed by atoms with E-state index >= 15 is 0 Å². The van der Waals surface area contributed by atoms with E-state index in [-0.39, 0.29) is 5.56 Å². The molecule has 0 spiro atoms. The average Bonchev–Trinajstić information content (AvgIpc) is 1.94. The van der Waals surface area contributed by atoms with Gasteiger partial charge in [-0.2, -0.15) is 0 Å². The first-order valence-electron chi connectivity index (χ1n) is 3.09. The van der Waals surface area contributed by atoms with E-state index in [4.69, 9.17) is 0 Å². The summed E-state index contributed by atoms with van der Waals surface area (Å²) in [6, 6.07) is 4.77. The standard InChI is InChI=1S/C8H7BrO2/c1-5-4-6(8(10)11)2-3-7(5)9/h2-4H,1H3,(H,10,11)/p-1.